The van der Waals surface area contributed by atoms with Crippen LogP contribution in [0, 0.1) is 13.8 Å². The lowest BCUT2D eigenvalue weighted by atomic mass is 10.1. The van der Waals surface area contributed by atoms with Crippen LogP contribution in [0.5, 0.6) is 0 Å². The van der Waals surface area contributed by atoms with Crippen molar-refractivity contribution in [2.45, 2.75) is 39.8 Å². The standard InChI is InChI=1S/C19H20ClN5O3/c1-11-15(12(2)25-19(24-11)22-10-23-25)8-17(26)28-13(3)18(27)21-9-14-6-4-5-7-16(14)20/h4-7,10,13H,8-9H2,1-3H3,(H,21,27)/t13-/m0/s1. The highest BCUT2D eigenvalue weighted by Gasteiger charge is 2.20. The Morgan fingerprint density at radius 2 is 2.04 bits per heavy atom. The van der Waals surface area contributed by atoms with E-state index in [0.717, 1.165) is 11.3 Å². The first-order valence-corrected chi connectivity index (χ1v) is 9.11. The summed E-state index contributed by atoms with van der Waals surface area (Å²) >= 11 is 6.07. The quantitative estimate of drug-likeness (QED) is 0.636. The highest BCUT2D eigenvalue weighted by atomic mass is 35.5. The van der Waals surface area contributed by atoms with Crippen LogP contribution in [0.4, 0.5) is 0 Å². The zero-order valence-corrected chi connectivity index (χ0v) is 16.5. The van der Waals surface area contributed by atoms with Gasteiger partial charge in [0.25, 0.3) is 11.7 Å². The Bertz CT molecular complexity index is 1030. The van der Waals surface area contributed by atoms with Crippen molar-refractivity contribution < 1.29 is 14.3 Å². The molecule has 28 heavy (non-hydrogen) atoms. The zero-order chi connectivity index (χ0) is 20.3. The summed E-state index contributed by atoms with van der Waals surface area (Å²) in [4.78, 5) is 32.9. The van der Waals surface area contributed by atoms with Gasteiger partial charge in [0, 0.05) is 28.5 Å². The Hall–Kier alpha value is -3.00. The number of esters is 1. The number of aromatic nitrogens is 4. The molecular weight excluding hydrogens is 382 g/mol. The van der Waals surface area contributed by atoms with Crippen molar-refractivity contribution in [1.82, 2.24) is 24.9 Å². The monoisotopic (exact) mass is 401 g/mol. The topological polar surface area (TPSA) is 98.5 Å². The number of nitrogens with one attached hydrogen (secondary N) is 1. The lowest BCUT2D eigenvalue weighted by Gasteiger charge is -2.15. The Morgan fingerprint density at radius 1 is 1.29 bits per heavy atom. The fourth-order valence-electron chi connectivity index (χ4n) is 2.82. The lowest BCUT2D eigenvalue weighted by Crippen LogP contribution is -2.36. The molecule has 0 aliphatic rings. The number of amides is 1. The number of nitrogens with zero attached hydrogens (tertiary/aromatic N) is 4. The molecule has 2 aromatic heterocycles. The number of benzene rings is 1. The normalized spacial score (nSPS) is 12.0. The summed E-state index contributed by atoms with van der Waals surface area (Å²) in [5.74, 6) is -0.445. The maximum atomic E-state index is 12.3. The summed E-state index contributed by atoms with van der Waals surface area (Å²) < 4.78 is 6.85. The van der Waals surface area contributed by atoms with Crippen LogP contribution in [0.3, 0.4) is 0 Å². The Labute approximate surface area is 166 Å². The van der Waals surface area contributed by atoms with Gasteiger partial charge in [-0.1, -0.05) is 29.8 Å². The number of carbonyl (C=O) groups excluding carboxylic acids is 2. The van der Waals surface area contributed by atoms with E-state index in [1.165, 1.54) is 13.3 Å². The summed E-state index contributed by atoms with van der Waals surface area (Å²) in [5.41, 5.74) is 2.92. The minimum Gasteiger partial charge on any atom is -0.452 e. The summed E-state index contributed by atoms with van der Waals surface area (Å²) in [5, 5.41) is 7.37. The van der Waals surface area contributed by atoms with E-state index in [4.69, 9.17) is 16.3 Å². The molecule has 0 saturated heterocycles. The minimum atomic E-state index is -0.932. The van der Waals surface area contributed by atoms with Crippen molar-refractivity contribution in [2.75, 3.05) is 0 Å². The molecule has 1 amide bonds. The van der Waals surface area contributed by atoms with Gasteiger partial charge in [0.1, 0.15) is 6.33 Å². The summed E-state index contributed by atoms with van der Waals surface area (Å²) in [6.07, 6.45) is 0.462. The van der Waals surface area contributed by atoms with Crippen LogP contribution in [0.15, 0.2) is 30.6 Å². The molecule has 0 aliphatic carbocycles. The molecule has 1 atom stereocenters. The third kappa shape index (κ3) is 4.28. The van der Waals surface area contributed by atoms with Gasteiger partial charge < -0.3 is 10.1 Å². The van der Waals surface area contributed by atoms with Gasteiger partial charge >= 0.3 is 5.97 Å². The molecule has 1 aromatic carbocycles. The maximum Gasteiger partial charge on any atom is 0.311 e. The first-order valence-electron chi connectivity index (χ1n) is 8.73. The van der Waals surface area contributed by atoms with E-state index in [-0.39, 0.29) is 13.0 Å². The third-order valence-electron chi connectivity index (χ3n) is 4.40. The fourth-order valence-corrected chi connectivity index (χ4v) is 3.02. The van der Waals surface area contributed by atoms with Crippen LogP contribution >= 0.6 is 11.6 Å². The van der Waals surface area contributed by atoms with Gasteiger partial charge in [-0.2, -0.15) is 10.1 Å². The second kappa shape index (κ2) is 8.35. The average molecular weight is 402 g/mol. The van der Waals surface area contributed by atoms with E-state index >= 15 is 0 Å². The van der Waals surface area contributed by atoms with Crippen LogP contribution in [-0.2, 0) is 27.3 Å². The molecule has 9 heteroatoms. The Morgan fingerprint density at radius 3 is 2.79 bits per heavy atom. The lowest BCUT2D eigenvalue weighted by molar-refractivity contribution is -0.154. The highest BCUT2D eigenvalue weighted by molar-refractivity contribution is 6.31. The molecule has 2 heterocycles. The highest BCUT2D eigenvalue weighted by Crippen LogP contribution is 2.16. The molecule has 0 spiro atoms. The predicted octanol–water partition coefficient (Wildman–Crippen LogP) is 2.19. The number of hydrogen-bond donors (Lipinski definition) is 1. The van der Waals surface area contributed by atoms with Gasteiger partial charge in [-0.3, -0.25) is 9.59 Å². The van der Waals surface area contributed by atoms with Gasteiger partial charge in [0.15, 0.2) is 6.10 Å². The summed E-state index contributed by atoms with van der Waals surface area (Å²) in [7, 11) is 0. The zero-order valence-electron chi connectivity index (χ0n) is 15.8. The number of fused-ring (bicyclic) bond motifs is 1. The third-order valence-corrected chi connectivity index (χ3v) is 4.77. The molecule has 0 fully saturated rings. The number of aryl methyl sites for hydroxylation is 2. The molecule has 3 rings (SSSR count). The molecule has 8 nitrogen and oxygen atoms in total. The molecular formula is C19H20ClN5O3. The number of ether oxygens (including phenoxy) is 1. The first kappa shape index (κ1) is 19.8. The van der Waals surface area contributed by atoms with Crippen LogP contribution in [-0.4, -0.2) is 37.6 Å². The van der Waals surface area contributed by atoms with E-state index in [1.54, 1.807) is 17.5 Å². The van der Waals surface area contributed by atoms with Crippen molar-refractivity contribution in [2.24, 2.45) is 0 Å². The summed E-state index contributed by atoms with van der Waals surface area (Å²) in [6.45, 7) is 5.41. The molecule has 0 aliphatic heterocycles. The van der Waals surface area contributed by atoms with Crippen molar-refractivity contribution in [1.29, 1.82) is 0 Å². The molecule has 0 saturated carbocycles. The maximum absolute atomic E-state index is 12.3. The van der Waals surface area contributed by atoms with Crippen molar-refractivity contribution in [3.05, 3.63) is 58.1 Å². The van der Waals surface area contributed by atoms with Crippen LogP contribution in [0.25, 0.3) is 5.78 Å². The van der Waals surface area contributed by atoms with E-state index in [1.807, 2.05) is 25.1 Å². The molecule has 146 valence electrons. The number of carbonyl (C=O) groups is 2. The average Bonchev–Trinajstić information content (AvgIpc) is 3.12. The molecule has 0 unspecified atom stereocenters. The van der Waals surface area contributed by atoms with E-state index in [2.05, 4.69) is 20.4 Å². The Balaban J connectivity index is 1.60. The first-order chi connectivity index (χ1) is 13.4. The van der Waals surface area contributed by atoms with Crippen molar-refractivity contribution in [3.8, 4) is 0 Å². The van der Waals surface area contributed by atoms with Gasteiger partial charge in [-0.05, 0) is 32.4 Å². The predicted molar refractivity (Wildman–Crippen MR) is 103 cm³/mol. The number of halogens is 1. The second-order valence-electron chi connectivity index (χ2n) is 6.35. The second-order valence-corrected chi connectivity index (χ2v) is 6.76. The van der Waals surface area contributed by atoms with E-state index in [9.17, 15) is 9.59 Å². The molecule has 0 bridgehead atoms. The van der Waals surface area contributed by atoms with Gasteiger partial charge in [0.2, 0.25) is 0 Å². The van der Waals surface area contributed by atoms with Crippen LogP contribution in [0.2, 0.25) is 5.02 Å². The molecule has 1 N–H and O–H groups in total. The van der Waals surface area contributed by atoms with Gasteiger partial charge in [-0.25, -0.2) is 9.50 Å². The van der Waals surface area contributed by atoms with Crippen molar-refractivity contribution >= 4 is 29.3 Å². The fraction of sp³-hybridized carbons (Fsp3) is 0.316. The Kier molecular flexibility index (Phi) is 5.89. The minimum absolute atomic E-state index is 0.0113. The van der Waals surface area contributed by atoms with Crippen LogP contribution < -0.4 is 5.32 Å². The van der Waals surface area contributed by atoms with E-state index in [0.29, 0.717) is 22.1 Å². The van der Waals surface area contributed by atoms with Gasteiger partial charge in [0.05, 0.1) is 6.42 Å². The van der Waals surface area contributed by atoms with Crippen molar-refractivity contribution in [3.63, 3.8) is 0 Å². The number of rotatable bonds is 6. The molecule has 3 aromatic rings. The summed E-state index contributed by atoms with van der Waals surface area (Å²) in [6, 6.07) is 7.21. The molecule has 0 radical (unpaired) electrons. The smallest absolute Gasteiger partial charge is 0.311 e. The SMILES string of the molecule is Cc1nc2ncnn2c(C)c1CC(=O)O[C@@H](C)C(=O)NCc1ccccc1Cl. The number of hydrogen-bond acceptors (Lipinski definition) is 6. The van der Waals surface area contributed by atoms with Gasteiger partial charge in [-0.15, -0.1) is 0 Å². The largest absolute Gasteiger partial charge is 0.452 e. The van der Waals surface area contributed by atoms with Crippen LogP contribution in [0.1, 0.15) is 29.4 Å². The van der Waals surface area contributed by atoms with E-state index < -0.39 is 18.0 Å².